The van der Waals surface area contributed by atoms with E-state index in [9.17, 15) is 29.3 Å². The molecule has 2 aromatic carbocycles. The van der Waals surface area contributed by atoms with Gasteiger partial charge in [-0.05, 0) is 50.2 Å². The Labute approximate surface area is 215 Å². The number of carbonyl (C=O) groups excluding carboxylic acids is 4. The van der Waals surface area contributed by atoms with Gasteiger partial charge in [-0.3, -0.25) is 24.5 Å². The summed E-state index contributed by atoms with van der Waals surface area (Å²) in [7, 11) is 0. The van der Waals surface area contributed by atoms with E-state index in [-0.39, 0.29) is 39.9 Å². The van der Waals surface area contributed by atoms with Crippen LogP contribution >= 0.6 is 11.3 Å². The van der Waals surface area contributed by atoms with Crippen LogP contribution in [0.2, 0.25) is 0 Å². The van der Waals surface area contributed by atoms with Crippen molar-refractivity contribution in [3.8, 4) is 5.75 Å². The van der Waals surface area contributed by atoms with Crippen LogP contribution in [0.15, 0.2) is 48.5 Å². The molecule has 0 aliphatic carbocycles. The summed E-state index contributed by atoms with van der Waals surface area (Å²) in [6, 6.07) is 11.1. The fourth-order valence-electron chi connectivity index (χ4n) is 3.11. The lowest BCUT2D eigenvalue weighted by atomic mass is 10.2. The highest BCUT2D eigenvalue weighted by molar-refractivity contribution is 7.19. The zero-order valence-corrected chi connectivity index (χ0v) is 21.0. The predicted octanol–water partition coefficient (Wildman–Crippen LogP) is 4.96. The van der Waals surface area contributed by atoms with Gasteiger partial charge in [0.15, 0.2) is 5.75 Å². The number of nitrogens with one attached hydrogen (secondary N) is 2. The van der Waals surface area contributed by atoms with E-state index in [1.807, 2.05) is 0 Å². The van der Waals surface area contributed by atoms with Crippen molar-refractivity contribution >= 4 is 51.5 Å². The summed E-state index contributed by atoms with van der Waals surface area (Å²) in [4.78, 5) is 60.1. The largest absolute Gasteiger partial charge is 0.462 e. The van der Waals surface area contributed by atoms with Crippen LogP contribution in [0.5, 0.6) is 5.75 Å². The molecule has 3 rings (SSSR count). The average molecular weight is 526 g/mol. The standard InChI is InChI=1S/C25H23N3O8S/c1-4-19(29)36-20-14(3)21(23(31)26-17-10-6-16(7-11-17)25(32)35-5-2)37-24(20)27-22(30)15-8-12-18(13-9-15)28(33)34/h6-13H,4-5H2,1-3H3,(H,26,31)(H,27,30). The molecule has 0 atom stereocenters. The first kappa shape index (κ1) is 27.0. The topological polar surface area (TPSA) is 154 Å². The minimum Gasteiger partial charge on any atom is -0.462 e. The highest BCUT2D eigenvalue weighted by Gasteiger charge is 2.25. The van der Waals surface area contributed by atoms with Gasteiger partial charge in [0, 0.05) is 35.4 Å². The molecule has 0 radical (unpaired) electrons. The second kappa shape index (κ2) is 11.9. The number of benzene rings is 2. The van der Waals surface area contributed by atoms with Crippen molar-refractivity contribution in [3.63, 3.8) is 0 Å². The number of rotatable bonds is 9. The third kappa shape index (κ3) is 6.55. The van der Waals surface area contributed by atoms with Crippen LogP contribution in [0.4, 0.5) is 16.4 Å². The van der Waals surface area contributed by atoms with Crippen molar-refractivity contribution in [2.45, 2.75) is 27.2 Å². The molecule has 192 valence electrons. The lowest BCUT2D eigenvalue weighted by Gasteiger charge is -2.08. The van der Waals surface area contributed by atoms with Gasteiger partial charge >= 0.3 is 11.9 Å². The first-order valence-electron chi connectivity index (χ1n) is 11.1. The second-order valence-electron chi connectivity index (χ2n) is 7.55. The number of amides is 2. The minimum atomic E-state index is -0.605. The Bertz CT molecular complexity index is 1350. The van der Waals surface area contributed by atoms with E-state index in [0.29, 0.717) is 16.8 Å². The SMILES string of the molecule is CCOC(=O)c1ccc(NC(=O)c2sc(NC(=O)c3ccc([N+](=O)[O-])cc3)c(OC(=O)CC)c2C)cc1. The summed E-state index contributed by atoms with van der Waals surface area (Å²) in [5.74, 6) is -2.13. The van der Waals surface area contributed by atoms with Crippen LogP contribution in [0.3, 0.4) is 0 Å². The lowest BCUT2D eigenvalue weighted by molar-refractivity contribution is -0.384. The summed E-state index contributed by atoms with van der Waals surface area (Å²) in [6.07, 6.45) is 0.0688. The molecule has 0 aliphatic heterocycles. The number of hydrogen-bond donors (Lipinski definition) is 2. The molecule has 11 nitrogen and oxygen atoms in total. The molecule has 0 bridgehead atoms. The van der Waals surface area contributed by atoms with Crippen molar-refractivity contribution in [1.29, 1.82) is 0 Å². The maximum Gasteiger partial charge on any atom is 0.338 e. The van der Waals surface area contributed by atoms with Gasteiger partial charge in [-0.25, -0.2) is 4.79 Å². The molecule has 1 aromatic heterocycles. The van der Waals surface area contributed by atoms with Gasteiger partial charge in [-0.15, -0.1) is 11.3 Å². The zero-order valence-electron chi connectivity index (χ0n) is 20.2. The second-order valence-corrected chi connectivity index (χ2v) is 8.57. The Morgan fingerprint density at radius 1 is 0.919 bits per heavy atom. The van der Waals surface area contributed by atoms with Gasteiger partial charge in [0.1, 0.15) is 9.88 Å². The molecule has 3 aromatic rings. The third-order valence-electron chi connectivity index (χ3n) is 5.02. The summed E-state index contributed by atoms with van der Waals surface area (Å²) >= 11 is 0.908. The molecule has 0 unspecified atom stereocenters. The Morgan fingerprint density at radius 3 is 2.11 bits per heavy atom. The van der Waals surface area contributed by atoms with Crippen molar-refractivity contribution in [3.05, 3.63) is 80.2 Å². The van der Waals surface area contributed by atoms with Crippen molar-refractivity contribution in [2.75, 3.05) is 17.2 Å². The molecule has 0 spiro atoms. The zero-order chi connectivity index (χ0) is 27.1. The predicted molar refractivity (Wildman–Crippen MR) is 136 cm³/mol. The van der Waals surface area contributed by atoms with Gasteiger partial charge < -0.3 is 20.1 Å². The molecule has 0 fully saturated rings. The highest BCUT2D eigenvalue weighted by Crippen LogP contribution is 2.40. The summed E-state index contributed by atoms with van der Waals surface area (Å²) in [5.41, 5.74) is 1.05. The normalized spacial score (nSPS) is 10.4. The smallest absolute Gasteiger partial charge is 0.338 e. The Kier molecular flexibility index (Phi) is 8.69. The van der Waals surface area contributed by atoms with Crippen LogP contribution in [-0.4, -0.2) is 35.3 Å². The van der Waals surface area contributed by atoms with E-state index in [1.165, 1.54) is 36.4 Å². The van der Waals surface area contributed by atoms with E-state index in [2.05, 4.69) is 10.6 Å². The molecule has 0 saturated heterocycles. The maximum atomic E-state index is 13.0. The number of nitro groups is 1. The maximum absolute atomic E-state index is 13.0. The molecular weight excluding hydrogens is 502 g/mol. The van der Waals surface area contributed by atoms with E-state index < -0.39 is 28.7 Å². The van der Waals surface area contributed by atoms with Crippen LogP contribution < -0.4 is 15.4 Å². The Hall–Kier alpha value is -4.58. The number of nitrogens with zero attached hydrogens (tertiary/aromatic N) is 1. The lowest BCUT2D eigenvalue weighted by Crippen LogP contribution is -2.13. The molecular formula is C25H23N3O8S. The van der Waals surface area contributed by atoms with Crippen molar-refractivity contribution < 1.29 is 33.6 Å². The fraction of sp³-hybridized carbons (Fsp3) is 0.200. The highest BCUT2D eigenvalue weighted by atomic mass is 32.1. The molecule has 2 amide bonds. The van der Waals surface area contributed by atoms with Gasteiger partial charge in [0.2, 0.25) is 0 Å². The monoisotopic (exact) mass is 525 g/mol. The fourth-order valence-corrected chi connectivity index (χ4v) is 4.13. The quantitative estimate of drug-likeness (QED) is 0.226. The average Bonchev–Trinajstić information content (AvgIpc) is 3.19. The molecule has 12 heteroatoms. The number of esters is 2. The summed E-state index contributed by atoms with van der Waals surface area (Å²) < 4.78 is 10.3. The molecule has 2 N–H and O–H groups in total. The number of hydrogen-bond acceptors (Lipinski definition) is 9. The Morgan fingerprint density at radius 2 is 1.54 bits per heavy atom. The first-order valence-corrected chi connectivity index (χ1v) is 11.9. The summed E-state index contributed by atoms with van der Waals surface area (Å²) in [5, 5.41) is 16.3. The van der Waals surface area contributed by atoms with Crippen molar-refractivity contribution in [2.24, 2.45) is 0 Å². The third-order valence-corrected chi connectivity index (χ3v) is 6.21. The van der Waals surface area contributed by atoms with E-state index in [1.54, 1.807) is 32.9 Å². The van der Waals surface area contributed by atoms with E-state index in [0.717, 1.165) is 11.3 Å². The number of nitro benzene ring substituents is 1. The minimum absolute atomic E-state index is 0.0370. The van der Waals surface area contributed by atoms with E-state index in [4.69, 9.17) is 9.47 Å². The number of ether oxygens (including phenoxy) is 2. The number of carbonyl (C=O) groups is 4. The van der Waals surface area contributed by atoms with Crippen LogP contribution in [0.1, 0.15) is 56.2 Å². The van der Waals surface area contributed by atoms with Gasteiger partial charge in [0.25, 0.3) is 17.5 Å². The van der Waals surface area contributed by atoms with Gasteiger partial charge in [0.05, 0.1) is 17.1 Å². The Balaban J connectivity index is 1.85. The molecule has 0 aliphatic rings. The molecule has 37 heavy (non-hydrogen) atoms. The number of non-ortho nitro benzene ring substituents is 1. The van der Waals surface area contributed by atoms with Crippen LogP contribution in [0, 0.1) is 17.0 Å². The van der Waals surface area contributed by atoms with Crippen LogP contribution in [0.25, 0.3) is 0 Å². The van der Waals surface area contributed by atoms with Gasteiger partial charge in [-0.2, -0.15) is 0 Å². The molecule has 1 heterocycles. The first-order chi connectivity index (χ1) is 17.6. The molecule has 0 saturated carbocycles. The van der Waals surface area contributed by atoms with E-state index >= 15 is 0 Å². The summed E-state index contributed by atoms with van der Waals surface area (Å²) in [6.45, 7) is 5.12. The van der Waals surface area contributed by atoms with Crippen molar-refractivity contribution in [1.82, 2.24) is 0 Å². The van der Waals surface area contributed by atoms with Crippen LogP contribution in [-0.2, 0) is 9.53 Å². The number of anilines is 2. The number of thiophene rings is 1. The van der Waals surface area contributed by atoms with Gasteiger partial charge in [-0.1, -0.05) is 6.92 Å².